The zero-order valence-corrected chi connectivity index (χ0v) is 19.9. The van der Waals surface area contributed by atoms with Crippen LogP contribution in [0, 0.1) is 11.8 Å². The van der Waals surface area contributed by atoms with Crippen LogP contribution in [0.4, 0.5) is 0 Å². The number of esters is 1. The van der Waals surface area contributed by atoms with Gasteiger partial charge < -0.3 is 9.84 Å². The van der Waals surface area contributed by atoms with Crippen molar-refractivity contribution >= 4 is 5.97 Å². The van der Waals surface area contributed by atoms with Gasteiger partial charge in [0.2, 0.25) is 0 Å². The minimum absolute atomic E-state index is 0.254. The average molecular weight is 429 g/mol. The highest BCUT2D eigenvalue weighted by atomic mass is 16.5. The zero-order valence-electron chi connectivity index (χ0n) is 19.9. The molecule has 0 saturated heterocycles. The van der Waals surface area contributed by atoms with Crippen LogP contribution in [0.2, 0.25) is 0 Å². The second-order valence-electron chi connectivity index (χ2n) is 9.19. The molecule has 0 bridgehead atoms. The van der Waals surface area contributed by atoms with E-state index in [1.54, 1.807) is 6.08 Å². The Morgan fingerprint density at radius 2 is 1.74 bits per heavy atom. The van der Waals surface area contributed by atoms with Crippen LogP contribution in [-0.2, 0) is 15.1 Å². The standard InChI is InChI=1S/C28H44O3/c1-3-5-6-7-8-12-17-24-22-23-28(30,25-18-13-11-14-19-25)26(24)20-15-9-10-16-21-27(29)31-4-2/h11,13-14,16,18-19,21,24,26,30H,3-10,12,15,17,20,22-23H2,1-2H3/t24-,26+,28?/m0/s1. The van der Waals surface area contributed by atoms with Gasteiger partial charge in [-0.2, -0.15) is 0 Å². The highest BCUT2D eigenvalue weighted by Crippen LogP contribution is 2.51. The Labute approximate surface area is 190 Å². The van der Waals surface area contributed by atoms with Gasteiger partial charge in [-0.3, -0.25) is 0 Å². The summed E-state index contributed by atoms with van der Waals surface area (Å²) in [5, 5.41) is 11.7. The monoisotopic (exact) mass is 428 g/mol. The molecule has 31 heavy (non-hydrogen) atoms. The quantitative estimate of drug-likeness (QED) is 0.181. The van der Waals surface area contributed by atoms with Crippen molar-refractivity contribution in [1.82, 2.24) is 0 Å². The van der Waals surface area contributed by atoms with Gasteiger partial charge in [0.05, 0.1) is 12.2 Å². The molecule has 1 aliphatic rings. The molecule has 1 saturated carbocycles. The SMILES string of the molecule is CCCCCCCC[C@H]1CCC(O)(c2ccccc2)[C@@H]1CCCCC=CC(=O)OCC. The van der Waals surface area contributed by atoms with Crippen molar-refractivity contribution in [1.29, 1.82) is 0 Å². The van der Waals surface area contributed by atoms with Crippen molar-refractivity contribution < 1.29 is 14.6 Å². The van der Waals surface area contributed by atoms with Crippen LogP contribution >= 0.6 is 0 Å². The highest BCUT2D eigenvalue weighted by molar-refractivity contribution is 5.81. The van der Waals surface area contributed by atoms with Crippen LogP contribution in [-0.4, -0.2) is 17.7 Å². The summed E-state index contributed by atoms with van der Waals surface area (Å²) in [4.78, 5) is 11.4. The number of hydrogen-bond acceptors (Lipinski definition) is 3. The molecule has 0 amide bonds. The van der Waals surface area contributed by atoms with Crippen molar-refractivity contribution in [2.45, 2.75) is 103 Å². The highest BCUT2D eigenvalue weighted by Gasteiger charge is 2.47. The minimum atomic E-state index is -0.686. The van der Waals surface area contributed by atoms with Crippen LogP contribution in [0.5, 0.6) is 0 Å². The molecule has 174 valence electrons. The Morgan fingerprint density at radius 3 is 2.48 bits per heavy atom. The van der Waals surface area contributed by atoms with E-state index in [1.807, 2.05) is 31.2 Å². The summed E-state index contributed by atoms with van der Waals surface area (Å²) in [6.07, 6.45) is 18.8. The van der Waals surface area contributed by atoms with Gasteiger partial charge in [0.15, 0.2) is 0 Å². The predicted octanol–water partition coefficient (Wildman–Crippen LogP) is 7.33. The molecule has 0 radical (unpaired) electrons. The maximum atomic E-state index is 11.7. The third-order valence-corrected chi connectivity index (χ3v) is 6.96. The van der Waals surface area contributed by atoms with E-state index in [9.17, 15) is 9.90 Å². The van der Waals surface area contributed by atoms with Gasteiger partial charge in [-0.15, -0.1) is 0 Å². The van der Waals surface area contributed by atoms with Gasteiger partial charge in [-0.05, 0) is 56.4 Å². The van der Waals surface area contributed by atoms with Crippen LogP contribution in [0.3, 0.4) is 0 Å². The van der Waals surface area contributed by atoms with Crippen LogP contribution in [0.25, 0.3) is 0 Å². The minimum Gasteiger partial charge on any atom is -0.463 e. The van der Waals surface area contributed by atoms with Gasteiger partial charge in [0.1, 0.15) is 0 Å². The Kier molecular flexibility index (Phi) is 12.0. The molecule has 1 N–H and O–H groups in total. The number of rotatable bonds is 15. The Hall–Kier alpha value is -1.61. The fourth-order valence-electron chi connectivity index (χ4n) is 5.27. The summed E-state index contributed by atoms with van der Waals surface area (Å²) in [6, 6.07) is 10.3. The molecule has 1 aliphatic carbocycles. The summed E-state index contributed by atoms with van der Waals surface area (Å²) >= 11 is 0. The van der Waals surface area contributed by atoms with E-state index in [1.165, 1.54) is 44.9 Å². The summed E-state index contributed by atoms with van der Waals surface area (Å²) in [5.41, 5.74) is 0.405. The molecule has 3 atom stereocenters. The van der Waals surface area contributed by atoms with E-state index in [2.05, 4.69) is 19.1 Å². The number of ether oxygens (including phenoxy) is 1. The summed E-state index contributed by atoms with van der Waals surface area (Å²) in [7, 11) is 0. The van der Waals surface area contributed by atoms with Gasteiger partial charge in [0, 0.05) is 6.08 Å². The molecule has 1 fully saturated rings. The maximum absolute atomic E-state index is 11.7. The van der Waals surface area contributed by atoms with E-state index in [4.69, 9.17) is 4.74 Å². The van der Waals surface area contributed by atoms with Crippen molar-refractivity contribution in [3.05, 3.63) is 48.0 Å². The van der Waals surface area contributed by atoms with E-state index in [0.29, 0.717) is 18.4 Å². The summed E-state index contributed by atoms with van der Waals surface area (Å²) in [6.45, 7) is 4.51. The lowest BCUT2D eigenvalue weighted by Gasteiger charge is -2.34. The molecule has 0 spiro atoms. The topological polar surface area (TPSA) is 46.5 Å². The lowest BCUT2D eigenvalue weighted by Crippen LogP contribution is -2.33. The van der Waals surface area contributed by atoms with Crippen LogP contribution in [0.15, 0.2) is 42.5 Å². The molecule has 2 rings (SSSR count). The van der Waals surface area contributed by atoms with Gasteiger partial charge >= 0.3 is 5.97 Å². The molecular weight excluding hydrogens is 384 g/mol. The first-order valence-electron chi connectivity index (χ1n) is 12.7. The average Bonchev–Trinajstić information content (AvgIpc) is 3.10. The van der Waals surface area contributed by atoms with E-state index in [-0.39, 0.29) is 5.97 Å². The number of aliphatic hydroxyl groups is 1. The van der Waals surface area contributed by atoms with Gasteiger partial charge in [-0.1, -0.05) is 94.7 Å². The number of hydrogen-bond donors (Lipinski definition) is 1. The maximum Gasteiger partial charge on any atom is 0.330 e. The number of carbonyl (C=O) groups is 1. The van der Waals surface area contributed by atoms with Gasteiger partial charge in [0.25, 0.3) is 0 Å². The first-order valence-corrected chi connectivity index (χ1v) is 12.7. The van der Waals surface area contributed by atoms with Crippen molar-refractivity contribution in [3.63, 3.8) is 0 Å². The molecule has 3 heteroatoms. The van der Waals surface area contributed by atoms with Crippen molar-refractivity contribution in [2.75, 3.05) is 6.61 Å². The van der Waals surface area contributed by atoms with E-state index in [0.717, 1.165) is 44.1 Å². The predicted molar refractivity (Wildman–Crippen MR) is 129 cm³/mol. The van der Waals surface area contributed by atoms with Crippen LogP contribution < -0.4 is 0 Å². The smallest absolute Gasteiger partial charge is 0.330 e. The first kappa shape index (κ1) is 25.6. The second-order valence-corrected chi connectivity index (χ2v) is 9.19. The molecule has 1 aromatic rings. The Bertz CT molecular complexity index is 639. The lowest BCUT2D eigenvalue weighted by atomic mass is 9.76. The largest absolute Gasteiger partial charge is 0.463 e. The number of benzene rings is 1. The molecule has 1 unspecified atom stereocenters. The Balaban J connectivity index is 1.88. The molecule has 0 heterocycles. The van der Waals surface area contributed by atoms with E-state index < -0.39 is 5.60 Å². The van der Waals surface area contributed by atoms with E-state index >= 15 is 0 Å². The summed E-state index contributed by atoms with van der Waals surface area (Å²) < 4.78 is 4.93. The normalized spacial score (nSPS) is 23.5. The second kappa shape index (κ2) is 14.5. The molecule has 3 nitrogen and oxygen atoms in total. The Morgan fingerprint density at radius 1 is 1.03 bits per heavy atom. The third-order valence-electron chi connectivity index (χ3n) is 6.96. The fourth-order valence-corrected chi connectivity index (χ4v) is 5.27. The number of carbonyl (C=O) groups excluding carboxylic acids is 1. The fraction of sp³-hybridized carbons (Fsp3) is 0.679. The summed E-state index contributed by atoms with van der Waals surface area (Å²) in [5.74, 6) is 0.696. The van der Waals surface area contributed by atoms with Crippen molar-refractivity contribution in [3.8, 4) is 0 Å². The molecule has 1 aromatic carbocycles. The number of allylic oxidation sites excluding steroid dienone is 1. The van der Waals surface area contributed by atoms with Crippen molar-refractivity contribution in [2.24, 2.45) is 11.8 Å². The van der Waals surface area contributed by atoms with Crippen LogP contribution in [0.1, 0.15) is 103 Å². The number of unbranched alkanes of at least 4 members (excludes halogenated alkanes) is 7. The zero-order chi connectivity index (χ0) is 22.4. The third kappa shape index (κ3) is 8.44. The first-order chi connectivity index (χ1) is 15.1. The molecular formula is C28H44O3. The lowest BCUT2D eigenvalue weighted by molar-refractivity contribution is -0.137. The molecule has 0 aromatic heterocycles. The van der Waals surface area contributed by atoms with Gasteiger partial charge in [-0.25, -0.2) is 4.79 Å². The molecule has 0 aliphatic heterocycles.